The van der Waals surface area contributed by atoms with Crippen molar-refractivity contribution >= 4 is 0 Å². The van der Waals surface area contributed by atoms with Gasteiger partial charge in [-0.05, 0) is 35.4 Å². The molecule has 0 radical (unpaired) electrons. The molecule has 0 aliphatic rings. The summed E-state index contributed by atoms with van der Waals surface area (Å²) in [6.45, 7) is 0. The highest BCUT2D eigenvalue weighted by molar-refractivity contribution is 5.41. The predicted octanol–water partition coefficient (Wildman–Crippen LogP) is 4.67. The average Bonchev–Trinajstić information content (AvgIpc) is 2.69. The van der Waals surface area contributed by atoms with Crippen LogP contribution in [-0.2, 0) is 5.60 Å². The Labute approximate surface area is 155 Å². The number of ether oxygens (including phenoxy) is 1. The summed E-state index contributed by atoms with van der Waals surface area (Å²) >= 11 is 0. The van der Waals surface area contributed by atoms with Gasteiger partial charge in [0, 0.05) is 6.20 Å². The van der Waals surface area contributed by atoms with Crippen LogP contribution in [0.1, 0.15) is 22.7 Å². The summed E-state index contributed by atoms with van der Waals surface area (Å²) in [5, 5.41) is 11.1. The Bertz CT molecular complexity index is 828. The lowest BCUT2D eigenvalue weighted by atomic mass is 9.74. The highest BCUT2D eigenvalue weighted by Crippen LogP contribution is 2.51. The van der Waals surface area contributed by atoms with Crippen LogP contribution in [0, 0.1) is 0 Å². The zero-order valence-electron chi connectivity index (χ0n) is 14.5. The second-order valence-electron chi connectivity index (χ2n) is 6.09. The SMILES string of the molecule is COc1ccc(C(O)(C(c2ccccc2)c2ccccn2)C(F)(F)F)cc1. The molecule has 3 nitrogen and oxygen atoms in total. The fourth-order valence-electron chi connectivity index (χ4n) is 3.16. The summed E-state index contributed by atoms with van der Waals surface area (Å²) in [4.78, 5) is 4.11. The number of alkyl halides is 3. The van der Waals surface area contributed by atoms with Gasteiger partial charge in [0.05, 0.1) is 18.7 Å². The largest absolute Gasteiger partial charge is 0.497 e. The van der Waals surface area contributed by atoms with Crippen LogP contribution in [0.15, 0.2) is 79.0 Å². The Balaban J connectivity index is 2.26. The normalized spacial score (nSPS) is 15.0. The van der Waals surface area contributed by atoms with Crippen molar-refractivity contribution in [2.45, 2.75) is 17.7 Å². The summed E-state index contributed by atoms with van der Waals surface area (Å²) < 4.78 is 47.9. The Hall–Kier alpha value is -2.86. The van der Waals surface area contributed by atoms with Crippen LogP contribution < -0.4 is 4.74 Å². The Morgan fingerprint density at radius 3 is 2.04 bits per heavy atom. The summed E-state index contributed by atoms with van der Waals surface area (Å²) in [7, 11) is 1.42. The summed E-state index contributed by atoms with van der Waals surface area (Å²) in [5.74, 6) is -1.04. The molecule has 2 atom stereocenters. The van der Waals surface area contributed by atoms with E-state index >= 15 is 0 Å². The van der Waals surface area contributed by atoms with E-state index < -0.39 is 17.7 Å². The van der Waals surface area contributed by atoms with Gasteiger partial charge >= 0.3 is 6.18 Å². The number of aliphatic hydroxyl groups is 1. The molecule has 0 fully saturated rings. The van der Waals surface area contributed by atoms with Gasteiger partial charge < -0.3 is 9.84 Å². The Morgan fingerprint density at radius 1 is 0.889 bits per heavy atom. The molecule has 6 heteroatoms. The lowest BCUT2D eigenvalue weighted by molar-refractivity contribution is -0.272. The third-order valence-electron chi connectivity index (χ3n) is 4.50. The fraction of sp³-hybridized carbons (Fsp3) is 0.190. The van der Waals surface area contributed by atoms with Crippen molar-refractivity contribution in [3.63, 3.8) is 0 Å². The van der Waals surface area contributed by atoms with Crippen molar-refractivity contribution in [2.24, 2.45) is 0 Å². The summed E-state index contributed by atoms with van der Waals surface area (Å²) in [5.41, 5.74) is -3.02. The number of halogens is 3. The van der Waals surface area contributed by atoms with Crippen molar-refractivity contribution < 1.29 is 23.0 Å². The topological polar surface area (TPSA) is 42.4 Å². The molecule has 0 aliphatic carbocycles. The van der Waals surface area contributed by atoms with Gasteiger partial charge in [0.1, 0.15) is 5.75 Å². The highest BCUT2D eigenvalue weighted by Gasteiger charge is 2.60. The van der Waals surface area contributed by atoms with E-state index in [4.69, 9.17) is 4.74 Å². The van der Waals surface area contributed by atoms with Crippen LogP contribution >= 0.6 is 0 Å². The maximum Gasteiger partial charge on any atom is 0.422 e. The third-order valence-corrected chi connectivity index (χ3v) is 4.50. The standard InChI is InChI=1S/C21H18F3NO2/c1-27-17-12-10-16(11-13-17)20(26,21(22,23)24)19(15-7-3-2-4-8-15)18-9-5-6-14-25-18/h2-14,19,26H,1H3. The number of aromatic nitrogens is 1. The second kappa shape index (κ2) is 7.40. The van der Waals surface area contributed by atoms with Crippen molar-refractivity contribution in [3.05, 3.63) is 95.8 Å². The molecular formula is C21H18F3NO2. The van der Waals surface area contributed by atoms with Crippen LogP contribution in [0.5, 0.6) is 5.75 Å². The first-order valence-electron chi connectivity index (χ1n) is 8.27. The minimum atomic E-state index is -4.94. The number of hydrogen-bond donors (Lipinski definition) is 1. The third kappa shape index (κ3) is 3.53. The van der Waals surface area contributed by atoms with Crippen molar-refractivity contribution in [2.75, 3.05) is 7.11 Å². The molecule has 0 aliphatic heterocycles. The van der Waals surface area contributed by atoms with E-state index in [0.29, 0.717) is 11.3 Å². The summed E-state index contributed by atoms with van der Waals surface area (Å²) in [6.07, 6.45) is -3.53. The molecule has 0 bridgehead atoms. The first-order valence-corrected chi connectivity index (χ1v) is 8.27. The van der Waals surface area contributed by atoms with E-state index in [1.807, 2.05) is 0 Å². The van der Waals surface area contributed by atoms with Gasteiger partial charge in [-0.15, -0.1) is 0 Å². The number of hydrogen-bond acceptors (Lipinski definition) is 3. The molecule has 3 aromatic rings. The van der Waals surface area contributed by atoms with Gasteiger partial charge in [-0.3, -0.25) is 4.98 Å². The number of benzene rings is 2. The van der Waals surface area contributed by atoms with Gasteiger partial charge in [-0.1, -0.05) is 48.5 Å². The predicted molar refractivity (Wildman–Crippen MR) is 95.5 cm³/mol. The minimum Gasteiger partial charge on any atom is -0.497 e. The molecule has 2 aromatic carbocycles. The van der Waals surface area contributed by atoms with E-state index in [2.05, 4.69) is 4.98 Å². The maximum atomic E-state index is 14.3. The molecule has 140 valence electrons. The molecule has 0 saturated heterocycles. The monoisotopic (exact) mass is 373 g/mol. The Morgan fingerprint density at radius 2 is 1.52 bits per heavy atom. The molecule has 1 aromatic heterocycles. The zero-order chi connectivity index (χ0) is 19.5. The van der Waals surface area contributed by atoms with Crippen LogP contribution in [0.4, 0.5) is 13.2 Å². The molecule has 3 rings (SSSR count). The van der Waals surface area contributed by atoms with Crippen LogP contribution in [0.2, 0.25) is 0 Å². The molecule has 0 spiro atoms. The van der Waals surface area contributed by atoms with Crippen molar-refractivity contribution in [3.8, 4) is 5.75 Å². The lowest BCUT2D eigenvalue weighted by Gasteiger charge is -2.38. The second-order valence-corrected chi connectivity index (χ2v) is 6.09. The molecule has 2 unspecified atom stereocenters. The van der Waals surface area contributed by atoms with E-state index in [1.54, 1.807) is 42.5 Å². The van der Waals surface area contributed by atoms with Gasteiger partial charge in [-0.2, -0.15) is 13.2 Å². The van der Waals surface area contributed by atoms with Crippen molar-refractivity contribution in [1.82, 2.24) is 4.98 Å². The van der Waals surface area contributed by atoms with Crippen LogP contribution in [0.25, 0.3) is 0 Å². The average molecular weight is 373 g/mol. The fourth-order valence-corrected chi connectivity index (χ4v) is 3.16. The van der Waals surface area contributed by atoms with E-state index in [9.17, 15) is 18.3 Å². The maximum absolute atomic E-state index is 14.3. The highest BCUT2D eigenvalue weighted by atomic mass is 19.4. The van der Waals surface area contributed by atoms with E-state index in [-0.39, 0.29) is 11.3 Å². The molecular weight excluding hydrogens is 355 g/mol. The van der Waals surface area contributed by atoms with Gasteiger partial charge in [0.15, 0.2) is 5.60 Å². The first-order chi connectivity index (χ1) is 12.9. The van der Waals surface area contributed by atoms with Crippen LogP contribution in [0.3, 0.4) is 0 Å². The van der Waals surface area contributed by atoms with Gasteiger partial charge in [-0.25, -0.2) is 0 Å². The first kappa shape index (κ1) is 18.9. The van der Waals surface area contributed by atoms with E-state index in [1.165, 1.54) is 43.6 Å². The quantitative estimate of drug-likeness (QED) is 0.707. The molecule has 0 amide bonds. The van der Waals surface area contributed by atoms with Crippen molar-refractivity contribution in [1.29, 1.82) is 0 Å². The number of rotatable bonds is 5. The number of pyridine rings is 1. The number of methoxy groups -OCH3 is 1. The zero-order valence-corrected chi connectivity index (χ0v) is 14.5. The minimum absolute atomic E-state index is 0.124. The van der Waals surface area contributed by atoms with Gasteiger partial charge in [0.25, 0.3) is 0 Å². The molecule has 0 saturated carbocycles. The van der Waals surface area contributed by atoms with Gasteiger partial charge in [0.2, 0.25) is 0 Å². The van der Waals surface area contributed by atoms with Crippen LogP contribution in [-0.4, -0.2) is 23.4 Å². The summed E-state index contributed by atoms with van der Waals surface area (Å²) in [6, 6.07) is 18.0. The molecule has 1 N–H and O–H groups in total. The molecule has 1 heterocycles. The van der Waals surface area contributed by atoms with E-state index in [0.717, 1.165) is 0 Å². The molecule has 27 heavy (non-hydrogen) atoms. The smallest absolute Gasteiger partial charge is 0.422 e. The Kier molecular flexibility index (Phi) is 5.19. The number of nitrogens with zero attached hydrogens (tertiary/aromatic N) is 1. The lowest BCUT2D eigenvalue weighted by Crippen LogP contribution is -2.48.